The van der Waals surface area contributed by atoms with Gasteiger partial charge in [0.15, 0.2) is 17.0 Å². The highest BCUT2D eigenvalue weighted by Crippen LogP contribution is 2.25. The Labute approximate surface area is 124 Å². The molecule has 0 saturated carbocycles. The minimum atomic E-state index is 0.667. The minimum Gasteiger partial charge on any atom is -0.338 e. The number of nitrogens with zero attached hydrogens (tertiary/aromatic N) is 5. The molecule has 1 N–H and O–H groups in total. The predicted octanol–water partition coefficient (Wildman–Crippen LogP) is 3.06. The average molecular weight is 333 g/mol. The van der Waals surface area contributed by atoms with E-state index in [4.69, 9.17) is 0 Å². The molecule has 0 aliphatic carbocycles. The van der Waals surface area contributed by atoms with Crippen LogP contribution in [0.1, 0.15) is 12.5 Å². The van der Waals surface area contributed by atoms with Gasteiger partial charge in [-0.2, -0.15) is 0 Å². The third kappa shape index (κ3) is 2.24. The first-order chi connectivity index (χ1) is 9.69. The van der Waals surface area contributed by atoms with Crippen LogP contribution in [0.2, 0.25) is 0 Å². The zero-order valence-corrected chi connectivity index (χ0v) is 12.7. The van der Waals surface area contributed by atoms with Crippen LogP contribution in [0.4, 0.5) is 11.5 Å². The van der Waals surface area contributed by atoms with Crippen molar-refractivity contribution in [3.05, 3.63) is 34.6 Å². The monoisotopic (exact) mass is 332 g/mol. The van der Waals surface area contributed by atoms with E-state index < -0.39 is 0 Å². The van der Waals surface area contributed by atoms with Crippen molar-refractivity contribution in [2.45, 2.75) is 20.4 Å². The lowest BCUT2D eigenvalue weighted by Crippen LogP contribution is -2.00. The van der Waals surface area contributed by atoms with Crippen molar-refractivity contribution < 1.29 is 0 Å². The average Bonchev–Trinajstić information content (AvgIpc) is 2.86. The molecule has 3 aromatic rings. The van der Waals surface area contributed by atoms with Crippen LogP contribution in [0.15, 0.2) is 29.0 Å². The van der Waals surface area contributed by atoms with Gasteiger partial charge in [-0.25, -0.2) is 14.6 Å². The zero-order chi connectivity index (χ0) is 14.1. The molecule has 0 aliphatic rings. The topological polar surface area (TPSA) is 68.5 Å². The van der Waals surface area contributed by atoms with Crippen molar-refractivity contribution in [3.8, 4) is 0 Å². The first kappa shape index (κ1) is 13.0. The molecule has 0 fully saturated rings. The van der Waals surface area contributed by atoms with Gasteiger partial charge in [0, 0.05) is 16.7 Å². The van der Waals surface area contributed by atoms with Gasteiger partial charge in [0.25, 0.3) is 0 Å². The Morgan fingerprint density at radius 1 is 1.30 bits per heavy atom. The lowest BCUT2D eigenvalue weighted by atomic mass is 10.2. The quantitative estimate of drug-likeness (QED) is 0.798. The molecule has 7 heteroatoms. The van der Waals surface area contributed by atoms with Gasteiger partial charge in [0.1, 0.15) is 6.33 Å². The molecule has 0 aliphatic heterocycles. The maximum Gasteiger partial charge on any atom is 0.183 e. The number of benzene rings is 1. The van der Waals surface area contributed by atoms with Crippen LogP contribution < -0.4 is 5.32 Å². The molecule has 6 nitrogen and oxygen atoms in total. The molecule has 1 aromatic carbocycles. The van der Waals surface area contributed by atoms with E-state index in [2.05, 4.69) is 41.5 Å². The number of nitrogens with one attached hydrogen (secondary N) is 1. The Morgan fingerprint density at radius 3 is 2.90 bits per heavy atom. The van der Waals surface area contributed by atoms with Gasteiger partial charge in [-0.3, -0.25) is 0 Å². The molecule has 20 heavy (non-hydrogen) atoms. The Hall–Kier alpha value is -2.02. The summed E-state index contributed by atoms with van der Waals surface area (Å²) in [5, 5.41) is 11.5. The smallest absolute Gasteiger partial charge is 0.183 e. The second-order valence-corrected chi connectivity index (χ2v) is 5.30. The van der Waals surface area contributed by atoms with Gasteiger partial charge < -0.3 is 5.32 Å². The summed E-state index contributed by atoms with van der Waals surface area (Å²) in [6, 6.07) is 6.03. The SMILES string of the molecule is CCn1nnc2c(Nc3ccc(Br)cc3C)ncnc21. The third-order valence-electron chi connectivity index (χ3n) is 3.04. The maximum absolute atomic E-state index is 4.26. The van der Waals surface area contributed by atoms with E-state index in [0.29, 0.717) is 11.3 Å². The molecule has 0 spiro atoms. The van der Waals surface area contributed by atoms with Crippen LogP contribution in [-0.2, 0) is 6.54 Å². The van der Waals surface area contributed by atoms with E-state index in [1.807, 2.05) is 32.0 Å². The number of halogens is 1. The summed E-state index contributed by atoms with van der Waals surface area (Å²) in [4.78, 5) is 8.49. The number of aryl methyl sites for hydroxylation is 2. The lowest BCUT2D eigenvalue weighted by Gasteiger charge is -2.09. The zero-order valence-electron chi connectivity index (χ0n) is 11.1. The fourth-order valence-electron chi connectivity index (χ4n) is 1.99. The molecular weight excluding hydrogens is 320 g/mol. The molecule has 102 valence electrons. The molecule has 0 atom stereocenters. The highest BCUT2D eigenvalue weighted by Gasteiger charge is 2.11. The summed E-state index contributed by atoms with van der Waals surface area (Å²) in [5.41, 5.74) is 3.52. The molecule has 0 bridgehead atoms. The summed E-state index contributed by atoms with van der Waals surface area (Å²) in [7, 11) is 0. The van der Waals surface area contributed by atoms with Crippen LogP contribution in [0.5, 0.6) is 0 Å². The molecular formula is C13H13BrN6. The number of anilines is 2. The van der Waals surface area contributed by atoms with Gasteiger partial charge in [0.2, 0.25) is 0 Å². The summed E-state index contributed by atoms with van der Waals surface area (Å²) >= 11 is 3.46. The fraction of sp³-hybridized carbons (Fsp3) is 0.231. The first-order valence-corrected chi connectivity index (χ1v) is 7.05. The normalized spacial score (nSPS) is 10.9. The van der Waals surface area contributed by atoms with E-state index in [0.717, 1.165) is 27.9 Å². The van der Waals surface area contributed by atoms with E-state index >= 15 is 0 Å². The fourth-order valence-corrected chi connectivity index (χ4v) is 2.47. The third-order valence-corrected chi connectivity index (χ3v) is 3.53. The van der Waals surface area contributed by atoms with Crippen molar-refractivity contribution in [1.82, 2.24) is 25.0 Å². The van der Waals surface area contributed by atoms with E-state index in [1.165, 1.54) is 6.33 Å². The number of fused-ring (bicyclic) bond motifs is 1. The molecule has 2 aromatic heterocycles. The molecule has 2 heterocycles. The second-order valence-electron chi connectivity index (χ2n) is 4.38. The van der Waals surface area contributed by atoms with Gasteiger partial charge in [-0.15, -0.1) is 5.10 Å². The van der Waals surface area contributed by atoms with E-state index in [1.54, 1.807) is 4.68 Å². The van der Waals surface area contributed by atoms with Crippen LogP contribution in [0.25, 0.3) is 11.2 Å². The van der Waals surface area contributed by atoms with Crippen molar-refractivity contribution in [1.29, 1.82) is 0 Å². The Bertz CT molecular complexity index is 767. The summed E-state index contributed by atoms with van der Waals surface area (Å²) in [6.07, 6.45) is 1.52. The van der Waals surface area contributed by atoms with Crippen LogP contribution >= 0.6 is 15.9 Å². The molecule has 0 amide bonds. The predicted molar refractivity (Wildman–Crippen MR) is 81.0 cm³/mol. The molecule has 0 radical (unpaired) electrons. The Morgan fingerprint density at radius 2 is 2.15 bits per heavy atom. The maximum atomic E-state index is 4.26. The molecule has 0 saturated heterocycles. The number of hydrogen-bond acceptors (Lipinski definition) is 5. The molecule has 3 rings (SSSR count). The summed E-state index contributed by atoms with van der Waals surface area (Å²) < 4.78 is 2.79. The summed E-state index contributed by atoms with van der Waals surface area (Å²) in [6.45, 7) is 4.76. The Kier molecular flexibility index (Phi) is 3.35. The van der Waals surface area contributed by atoms with Crippen molar-refractivity contribution in [2.75, 3.05) is 5.32 Å². The van der Waals surface area contributed by atoms with Crippen molar-refractivity contribution >= 4 is 38.6 Å². The van der Waals surface area contributed by atoms with E-state index in [9.17, 15) is 0 Å². The van der Waals surface area contributed by atoms with Gasteiger partial charge in [0.05, 0.1) is 0 Å². The van der Waals surface area contributed by atoms with E-state index in [-0.39, 0.29) is 0 Å². The summed E-state index contributed by atoms with van der Waals surface area (Å²) in [5.74, 6) is 0.667. The minimum absolute atomic E-state index is 0.667. The van der Waals surface area contributed by atoms with Crippen molar-refractivity contribution in [3.63, 3.8) is 0 Å². The second kappa shape index (κ2) is 5.16. The standard InChI is InChI=1S/C13H13BrN6/c1-3-20-13-11(18-19-20)12(15-7-16-13)17-10-5-4-9(14)6-8(10)2/h4-7H,3H2,1-2H3,(H,15,16,17). The van der Waals surface area contributed by atoms with Crippen LogP contribution in [0.3, 0.4) is 0 Å². The number of aromatic nitrogens is 5. The lowest BCUT2D eigenvalue weighted by molar-refractivity contribution is 0.641. The van der Waals surface area contributed by atoms with Crippen LogP contribution in [0, 0.1) is 6.92 Å². The van der Waals surface area contributed by atoms with Gasteiger partial charge >= 0.3 is 0 Å². The number of rotatable bonds is 3. The van der Waals surface area contributed by atoms with Crippen LogP contribution in [-0.4, -0.2) is 25.0 Å². The first-order valence-electron chi connectivity index (χ1n) is 6.26. The molecule has 0 unspecified atom stereocenters. The highest BCUT2D eigenvalue weighted by atomic mass is 79.9. The number of hydrogen-bond donors (Lipinski definition) is 1. The highest BCUT2D eigenvalue weighted by molar-refractivity contribution is 9.10. The Balaban J connectivity index is 2.04. The van der Waals surface area contributed by atoms with Crippen molar-refractivity contribution in [2.24, 2.45) is 0 Å². The van der Waals surface area contributed by atoms with Gasteiger partial charge in [-0.1, -0.05) is 21.1 Å². The largest absolute Gasteiger partial charge is 0.338 e. The van der Waals surface area contributed by atoms with Gasteiger partial charge in [-0.05, 0) is 37.6 Å².